The summed E-state index contributed by atoms with van der Waals surface area (Å²) < 4.78 is 0. The molecule has 12 heavy (non-hydrogen) atoms. The lowest BCUT2D eigenvalue weighted by Gasteiger charge is -1.95. The molecule has 1 heterocycles. The van der Waals surface area contributed by atoms with Crippen LogP contribution < -0.4 is 0 Å². The summed E-state index contributed by atoms with van der Waals surface area (Å²) in [6, 6.07) is 6.33. The average molecular weight is 161 g/mol. The second-order valence-electron chi connectivity index (χ2n) is 2.97. The van der Waals surface area contributed by atoms with Gasteiger partial charge in [0.15, 0.2) is 0 Å². The highest BCUT2D eigenvalue weighted by molar-refractivity contribution is 5.86. The number of aromatic nitrogens is 1. The molecule has 1 nitrogen and oxygen atoms in total. The maximum absolute atomic E-state index is 3.23. The van der Waals surface area contributed by atoms with E-state index in [0.717, 1.165) is 0 Å². The zero-order chi connectivity index (χ0) is 7.84. The predicted molar refractivity (Wildman–Crippen MR) is 54.5 cm³/mol. The molecule has 1 aromatic heterocycles. The molecule has 0 radical (unpaired) electrons. The number of hydrogen-bond acceptors (Lipinski definition) is 0. The van der Waals surface area contributed by atoms with E-state index in [-0.39, 0.29) is 7.43 Å². The number of hydrogen-bond donors (Lipinski definition) is 1. The van der Waals surface area contributed by atoms with E-state index >= 15 is 0 Å². The number of nitrogens with one attached hydrogen (secondary N) is 1. The predicted octanol–water partition coefficient (Wildman–Crippen LogP) is 3.42. The highest BCUT2D eigenvalue weighted by atomic mass is 14.7. The number of rotatable bonds is 0. The Bertz CT molecular complexity index is 385. The first-order valence-corrected chi connectivity index (χ1v) is 3.82. The van der Waals surface area contributed by atoms with Crippen molar-refractivity contribution >= 4 is 10.9 Å². The van der Waals surface area contributed by atoms with Gasteiger partial charge in [-0.05, 0) is 31.0 Å². The third-order valence-electron chi connectivity index (χ3n) is 2.11. The normalized spacial score (nSPS) is 9.83. The zero-order valence-electron chi connectivity index (χ0n) is 6.81. The minimum Gasteiger partial charge on any atom is -0.361 e. The molecule has 0 atom stereocenters. The summed E-state index contributed by atoms with van der Waals surface area (Å²) in [6.45, 7) is 4.27. The standard InChI is InChI=1S/C10H11N.CH4/c1-7-4-3-5-9-10(7)8(2)6-11-9;/h3-6,11H,1-2H3;1H4. The lowest BCUT2D eigenvalue weighted by Crippen LogP contribution is -1.74. The van der Waals surface area contributed by atoms with Gasteiger partial charge in [-0.2, -0.15) is 0 Å². The Balaban J connectivity index is 0.000000720. The first kappa shape index (κ1) is 8.85. The van der Waals surface area contributed by atoms with Gasteiger partial charge in [-0.15, -0.1) is 0 Å². The number of fused-ring (bicyclic) bond motifs is 1. The fourth-order valence-corrected chi connectivity index (χ4v) is 1.57. The van der Waals surface area contributed by atoms with Crippen molar-refractivity contribution in [3.63, 3.8) is 0 Å². The van der Waals surface area contributed by atoms with Crippen molar-refractivity contribution in [1.29, 1.82) is 0 Å². The summed E-state index contributed by atoms with van der Waals surface area (Å²) >= 11 is 0. The lowest BCUT2D eigenvalue weighted by molar-refractivity contribution is 1.43. The van der Waals surface area contributed by atoms with Gasteiger partial charge in [-0.3, -0.25) is 0 Å². The van der Waals surface area contributed by atoms with Crippen molar-refractivity contribution in [3.8, 4) is 0 Å². The molecule has 0 amide bonds. The molecule has 2 rings (SSSR count). The van der Waals surface area contributed by atoms with E-state index in [1.807, 2.05) is 0 Å². The minimum atomic E-state index is 0. The molecule has 0 aliphatic heterocycles. The van der Waals surface area contributed by atoms with Crippen molar-refractivity contribution in [2.45, 2.75) is 21.3 Å². The summed E-state index contributed by atoms with van der Waals surface area (Å²) in [5.41, 5.74) is 3.92. The van der Waals surface area contributed by atoms with Crippen molar-refractivity contribution in [3.05, 3.63) is 35.5 Å². The zero-order valence-corrected chi connectivity index (χ0v) is 6.81. The second kappa shape index (κ2) is 3.02. The highest BCUT2D eigenvalue weighted by Gasteiger charge is 1.99. The maximum Gasteiger partial charge on any atom is 0.0459 e. The van der Waals surface area contributed by atoms with Crippen LogP contribution in [0.1, 0.15) is 18.6 Å². The van der Waals surface area contributed by atoms with Crippen LogP contribution in [0.2, 0.25) is 0 Å². The fraction of sp³-hybridized carbons (Fsp3) is 0.273. The Kier molecular flexibility index (Phi) is 2.22. The first-order valence-electron chi connectivity index (χ1n) is 3.82. The molecule has 1 aromatic carbocycles. The molecule has 0 aliphatic rings. The molecule has 2 aromatic rings. The van der Waals surface area contributed by atoms with Crippen LogP contribution >= 0.6 is 0 Å². The smallest absolute Gasteiger partial charge is 0.0459 e. The van der Waals surface area contributed by atoms with Gasteiger partial charge >= 0.3 is 0 Å². The molecule has 0 saturated carbocycles. The van der Waals surface area contributed by atoms with E-state index in [0.29, 0.717) is 0 Å². The summed E-state index contributed by atoms with van der Waals surface area (Å²) in [5.74, 6) is 0. The molecule has 1 heteroatoms. The van der Waals surface area contributed by atoms with E-state index in [9.17, 15) is 0 Å². The van der Waals surface area contributed by atoms with Crippen LogP contribution in [0, 0.1) is 13.8 Å². The third-order valence-corrected chi connectivity index (χ3v) is 2.11. The monoisotopic (exact) mass is 161 g/mol. The van der Waals surface area contributed by atoms with E-state index in [1.165, 1.54) is 22.0 Å². The SMILES string of the molecule is C.Cc1cccc2[nH]cc(C)c12. The van der Waals surface area contributed by atoms with Crippen molar-refractivity contribution in [1.82, 2.24) is 4.98 Å². The topological polar surface area (TPSA) is 15.8 Å². The Morgan fingerprint density at radius 2 is 1.83 bits per heavy atom. The summed E-state index contributed by atoms with van der Waals surface area (Å²) in [5, 5.41) is 1.37. The molecule has 1 N–H and O–H groups in total. The molecule has 0 spiro atoms. The van der Waals surface area contributed by atoms with Gasteiger partial charge in [0.05, 0.1) is 0 Å². The van der Waals surface area contributed by atoms with Gasteiger partial charge in [-0.1, -0.05) is 19.6 Å². The van der Waals surface area contributed by atoms with Gasteiger partial charge in [0, 0.05) is 17.1 Å². The van der Waals surface area contributed by atoms with Crippen LogP contribution in [0.3, 0.4) is 0 Å². The van der Waals surface area contributed by atoms with E-state index < -0.39 is 0 Å². The van der Waals surface area contributed by atoms with Gasteiger partial charge in [-0.25, -0.2) is 0 Å². The van der Waals surface area contributed by atoms with E-state index in [2.05, 4.69) is 43.2 Å². The van der Waals surface area contributed by atoms with Crippen LogP contribution in [-0.2, 0) is 0 Å². The minimum absolute atomic E-state index is 0. The van der Waals surface area contributed by atoms with Gasteiger partial charge in [0.25, 0.3) is 0 Å². The molecular weight excluding hydrogens is 146 g/mol. The van der Waals surface area contributed by atoms with E-state index in [1.54, 1.807) is 0 Å². The Morgan fingerprint density at radius 3 is 2.50 bits per heavy atom. The Hall–Kier alpha value is -1.24. The molecule has 0 unspecified atom stereocenters. The maximum atomic E-state index is 3.23. The fourth-order valence-electron chi connectivity index (χ4n) is 1.57. The molecular formula is C11H15N. The van der Waals surface area contributed by atoms with Crippen molar-refractivity contribution < 1.29 is 0 Å². The van der Waals surface area contributed by atoms with Crippen LogP contribution in [0.5, 0.6) is 0 Å². The van der Waals surface area contributed by atoms with Crippen LogP contribution in [0.25, 0.3) is 10.9 Å². The molecule has 0 aliphatic carbocycles. The molecule has 0 bridgehead atoms. The number of aryl methyl sites for hydroxylation is 2. The van der Waals surface area contributed by atoms with Crippen molar-refractivity contribution in [2.24, 2.45) is 0 Å². The van der Waals surface area contributed by atoms with E-state index in [4.69, 9.17) is 0 Å². The van der Waals surface area contributed by atoms with Gasteiger partial charge < -0.3 is 4.98 Å². The highest BCUT2D eigenvalue weighted by Crippen LogP contribution is 2.20. The number of H-pyrrole nitrogens is 1. The molecule has 0 fully saturated rings. The lowest BCUT2D eigenvalue weighted by atomic mass is 10.1. The molecule has 0 saturated heterocycles. The van der Waals surface area contributed by atoms with Crippen LogP contribution in [0.4, 0.5) is 0 Å². The molecule has 64 valence electrons. The van der Waals surface area contributed by atoms with Gasteiger partial charge in [0.2, 0.25) is 0 Å². The van der Waals surface area contributed by atoms with Crippen LogP contribution in [-0.4, -0.2) is 4.98 Å². The number of aromatic amines is 1. The first-order chi connectivity index (χ1) is 5.29. The summed E-state index contributed by atoms with van der Waals surface area (Å²) in [4.78, 5) is 3.23. The summed E-state index contributed by atoms with van der Waals surface area (Å²) in [6.07, 6.45) is 2.05. The Morgan fingerprint density at radius 1 is 1.08 bits per heavy atom. The largest absolute Gasteiger partial charge is 0.361 e. The average Bonchev–Trinajstić information content (AvgIpc) is 2.34. The van der Waals surface area contributed by atoms with Gasteiger partial charge in [0.1, 0.15) is 0 Å². The van der Waals surface area contributed by atoms with Crippen molar-refractivity contribution in [2.75, 3.05) is 0 Å². The third kappa shape index (κ3) is 1.11. The second-order valence-corrected chi connectivity index (χ2v) is 2.97. The Labute approximate surface area is 73.4 Å². The summed E-state index contributed by atoms with van der Waals surface area (Å²) in [7, 11) is 0. The van der Waals surface area contributed by atoms with Crippen LogP contribution in [0.15, 0.2) is 24.4 Å². The quantitative estimate of drug-likeness (QED) is 0.609. The number of benzene rings is 1.